The van der Waals surface area contributed by atoms with E-state index in [0.717, 1.165) is 22.7 Å². The van der Waals surface area contributed by atoms with Crippen molar-refractivity contribution in [3.8, 4) is 5.75 Å². The molecule has 4 heteroatoms. The molecule has 1 heterocycles. The third-order valence-electron chi connectivity index (χ3n) is 2.58. The topological polar surface area (TPSA) is 43.4 Å². The molecule has 0 bridgehead atoms. The number of hydrogen-bond donors (Lipinski definition) is 1. The fraction of sp³-hybridized carbons (Fsp3) is 0.214. The van der Waals surface area contributed by atoms with Crippen LogP contribution in [-0.4, -0.2) is 12.1 Å². The average Bonchev–Trinajstić information content (AvgIpc) is 2.42. The Bertz CT molecular complexity index is 497. The monoisotopic (exact) mass is 244 g/mol. The molecule has 0 amide bonds. The lowest BCUT2D eigenvalue weighted by Gasteiger charge is -2.08. The van der Waals surface area contributed by atoms with E-state index in [9.17, 15) is 0 Å². The summed E-state index contributed by atoms with van der Waals surface area (Å²) in [5, 5.41) is 0. The third-order valence-corrected chi connectivity index (χ3v) is 2.58. The largest absolute Gasteiger partial charge is 0.497 e. The molecule has 0 radical (unpaired) electrons. The summed E-state index contributed by atoms with van der Waals surface area (Å²) >= 11 is 0. The summed E-state index contributed by atoms with van der Waals surface area (Å²) in [4.78, 5) is 9.59. The van der Waals surface area contributed by atoms with Crippen LogP contribution in [0.4, 0.5) is 5.82 Å². The maximum atomic E-state index is 5.41. The standard InChI is InChI=1S/C14H16N2O2/c1-11-4-3-9-15-14(11)16-18-10-12-5-7-13(17-2)8-6-12/h3-9H,10H2,1-2H3,(H,15,16). The van der Waals surface area contributed by atoms with Crippen molar-refractivity contribution in [1.82, 2.24) is 4.98 Å². The molecule has 0 atom stereocenters. The molecular formula is C14H16N2O2. The lowest BCUT2D eigenvalue weighted by molar-refractivity contribution is 0.178. The van der Waals surface area contributed by atoms with Gasteiger partial charge in [-0.2, -0.15) is 0 Å². The maximum Gasteiger partial charge on any atom is 0.152 e. The Hall–Kier alpha value is -2.07. The molecule has 0 unspecified atom stereocenters. The van der Waals surface area contributed by atoms with Gasteiger partial charge in [-0.25, -0.2) is 10.5 Å². The van der Waals surface area contributed by atoms with E-state index < -0.39 is 0 Å². The van der Waals surface area contributed by atoms with E-state index in [1.807, 2.05) is 43.3 Å². The predicted octanol–water partition coefficient (Wildman–Crippen LogP) is 2.94. The Morgan fingerprint density at radius 1 is 1.17 bits per heavy atom. The van der Waals surface area contributed by atoms with Crippen molar-refractivity contribution >= 4 is 5.82 Å². The maximum absolute atomic E-state index is 5.41. The zero-order valence-electron chi connectivity index (χ0n) is 10.5. The van der Waals surface area contributed by atoms with Crippen molar-refractivity contribution in [3.05, 3.63) is 53.7 Å². The molecule has 0 saturated carbocycles. The van der Waals surface area contributed by atoms with Crippen molar-refractivity contribution in [1.29, 1.82) is 0 Å². The van der Waals surface area contributed by atoms with Gasteiger partial charge in [-0.1, -0.05) is 18.2 Å². The normalized spacial score (nSPS) is 10.1. The van der Waals surface area contributed by atoms with Gasteiger partial charge in [0.1, 0.15) is 5.75 Å². The van der Waals surface area contributed by atoms with Crippen molar-refractivity contribution in [3.63, 3.8) is 0 Å². The van der Waals surface area contributed by atoms with Gasteiger partial charge in [0.15, 0.2) is 5.82 Å². The van der Waals surface area contributed by atoms with Gasteiger partial charge in [0.2, 0.25) is 0 Å². The summed E-state index contributed by atoms with van der Waals surface area (Å²) in [5.41, 5.74) is 4.96. The van der Waals surface area contributed by atoms with Crippen LogP contribution in [0.3, 0.4) is 0 Å². The van der Waals surface area contributed by atoms with Crippen molar-refractivity contribution in [2.24, 2.45) is 0 Å². The number of methoxy groups -OCH3 is 1. The quantitative estimate of drug-likeness (QED) is 0.821. The Morgan fingerprint density at radius 3 is 2.61 bits per heavy atom. The number of pyridine rings is 1. The average molecular weight is 244 g/mol. The molecule has 0 spiro atoms. The highest BCUT2D eigenvalue weighted by Crippen LogP contribution is 2.13. The number of benzene rings is 1. The fourth-order valence-corrected chi connectivity index (χ4v) is 1.50. The van der Waals surface area contributed by atoms with Crippen molar-refractivity contribution in [2.75, 3.05) is 12.6 Å². The molecule has 4 nitrogen and oxygen atoms in total. The van der Waals surface area contributed by atoms with Gasteiger partial charge in [-0.15, -0.1) is 0 Å². The Morgan fingerprint density at radius 2 is 1.94 bits per heavy atom. The first-order chi connectivity index (χ1) is 8.79. The van der Waals surface area contributed by atoms with Gasteiger partial charge < -0.3 is 4.74 Å². The van der Waals surface area contributed by atoms with Gasteiger partial charge in [-0.3, -0.25) is 4.84 Å². The minimum Gasteiger partial charge on any atom is -0.497 e. The van der Waals surface area contributed by atoms with Crippen LogP contribution in [0.15, 0.2) is 42.6 Å². The highest BCUT2D eigenvalue weighted by Gasteiger charge is 1.98. The van der Waals surface area contributed by atoms with Crippen LogP contribution in [0.25, 0.3) is 0 Å². The predicted molar refractivity (Wildman–Crippen MR) is 70.4 cm³/mol. The summed E-state index contributed by atoms with van der Waals surface area (Å²) in [6.07, 6.45) is 1.73. The number of rotatable bonds is 5. The molecule has 0 saturated heterocycles. The van der Waals surface area contributed by atoms with Gasteiger partial charge in [0.25, 0.3) is 0 Å². The minimum absolute atomic E-state index is 0.472. The summed E-state index contributed by atoms with van der Waals surface area (Å²) in [6, 6.07) is 11.6. The fourth-order valence-electron chi connectivity index (χ4n) is 1.50. The number of aryl methyl sites for hydroxylation is 1. The van der Waals surface area contributed by atoms with Crippen LogP contribution in [0.5, 0.6) is 5.75 Å². The number of aromatic nitrogens is 1. The Kier molecular flexibility index (Phi) is 4.15. The molecule has 1 N–H and O–H groups in total. The molecule has 1 aromatic heterocycles. The van der Waals surface area contributed by atoms with Crippen LogP contribution in [0, 0.1) is 6.92 Å². The summed E-state index contributed by atoms with van der Waals surface area (Å²) in [6.45, 7) is 2.45. The molecule has 94 valence electrons. The Balaban J connectivity index is 1.86. The summed E-state index contributed by atoms with van der Waals surface area (Å²) in [5.74, 6) is 1.58. The molecule has 0 aliphatic carbocycles. The van der Waals surface area contributed by atoms with Crippen LogP contribution in [0.2, 0.25) is 0 Å². The third kappa shape index (κ3) is 3.21. The number of hydrogen-bond acceptors (Lipinski definition) is 4. The number of anilines is 1. The second-order valence-corrected chi connectivity index (χ2v) is 3.91. The highest BCUT2D eigenvalue weighted by molar-refractivity contribution is 5.40. The Labute approximate surface area is 107 Å². The van der Waals surface area contributed by atoms with E-state index in [0.29, 0.717) is 6.61 Å². The highest BCUT2D eigenvalue weighted by atomic mass is 16.6. The second kappa shape index (κ2) is 6.02. The number of nitrogens with zero attached hydrogens (tertiary/aromatic N) is 1. The first-order valence-electron chi connectivity index (χ1n) is 5.72. The van der Waals surface area contributed by atoms with Gasteiger partial charge in [-0.05, 0) is 36.2 Å². The van der Waals surface area contributed by atoms with Gasteiger partial charge >= 0.3 is 0 Å². The van der Waals surface area contributed by atoms with E-state index >= 15 is 0 Å². The lowest BCUT2D eigenvalue weighted by Crippen LogP contribution is -2.04. The second-order valence-electron chi connectivity index (χ2n) is 3.91. The molecule has 2 aromatic rings. The molecule has 0 aliphatic heterocycles. The molecule has 1 aromatic carbocycles. The summed E-state index contributed by atoms with van der Waals surface area (Å²) in [7, 11) is 1.65. The van der Waals surface area contributed by atoms with E-state index in [4.69, 9.17) is 9.57 Å². The van der Waals surface area contributed by atoms with Gasteiger partial charge in [0, 0.05) is 6.20 Å². The van der Waals surface area contributed by atoms with Crippen LogP contribution in [-0.2, 0) is 11.4 Å². The SMILES string of the molecule is COc1ccc(CONc2ncccc2C)cc1. The van der Waals surface area contributed by atoms with E-state index in [1.165, 1.54) is 0 Å². The zero-order valence-corrected chi connectivity index (χ0v) is 10.5. The van der Waals surface area contributed by atoms with E-state index in [-0.39, 0.29) is 0 Å². The molecular weight excluding hydrogens is 228 g/mol. The number of ether oxygens (including phenoxy) is 1. The molecule has 2 rings (SSSR count). The van der Waals surface area contributed by atoms with Crippen molar-refractivity contribution < 1.29 is 9.57 Å². The van der Waals surface area contributed by atoms with Crippen LogP contribution in [0.1, 0.15) is 11.1 Å². The van der Waals surface area contributed by atoms with Gasteiger partial charge in [0.05, 0.1) is 13.7 Å². The van der Waals surface area contributed by atoms with E-state index in [2.05, 4.69) is 10.5 Å². The minimum atomic E-state index is 0.472. The van der Waals surface area contributed by atoms with Crippen LogP contribution >= 0.6 is 0 Å². The summed E-state index contributed by atoms with van der Waals surface area (Å²) < 4.78 is 5.09. The molecule has 18 heavy (non-hydrogen) atoms. The molecule has 0 aliphatic rings. The number of nitrogens with one attached hydrogen (secondary N) is 1. The first kappa shape index (κ1) is 12.4. The smallest absolute Gasteiger partial charge is 0.152 e. The van der Waals surface area contributed by atoms with E-state index in [1.54, 1.807) is 13.3 Å². The zero-order chi connectivity index (χ0) is 12.8. The first-order valence-corrected chi connectivity index (χ1v) is 5.72. The lowest BCUT2D eigenvalue weighted by atomic mass is 10.2. The molecule has 0 fully saturated rings. The van der Waals surface area contributed by atoms with Crippen LogP contribution < -0.4 is 10.2 Å². The van der Waals surface area contributed by atoms with Crippen molar-refractivity contribution in [2.45, 2.75) is 13.5 Å².